The molecule has 1 unspecified atom stereocenters. The minimum Gasteiger partial charge on any atom is -0.310 e. The van der Waals surface area contributed by atoms with Gasteiger partial charge < -0.3 is 4.90 Å². The first-order valence-corrected chi connectivity index (χ1v) is 20.5. The molecule has 10 aromatic carbocycles. The summed E-state index contributed by atoms with van der Waals surface area (Å²) in [6.07, 6.45) is 0. The summed E-state index contributed by atoms with van der Waals surface area (Å²) in [5.41, 5.74) is 17.1. The first kappa shape index (κ1) is 34.7. The van der Waals surface area contributed by atoms with Crippen LogP contribution in [0.15, 0.2) is 231 Å². The van der Waals surface area contributed by atoms with Crippen LogP contribution in [0.4, 0.5) is 17.1 Å². The molecule has 1 atom stereocenters. The van der Waals surface area contributed by atoms with Crippen molar-refractivity contribution in [2.75, 3.05) is 4.90 Å². The quantitative estimate of drug-likeness (QED) is 0.157. The lowest BCUT2D eigenvalue weighted by molar-refractivity contribution is 0.714. The van der Waals surface area contributed by atoms with E-state index in [2.05, 4.69) is 242 Å². The van der Waals surface area contributed by atoms with Crippen molar-refractivity contribution in [1.29, 1.82) is 0 Å². The molecule has 0 spiro atoms. The second-order valence-corrected chi connectivity index (χ2v) is 15.8. The Morgan fingerprint density at radius 3 is 1.58 bits per heavy atom. The maximum atomic E-state index is 2.38. The molecular formula is C58H41N. The molecule has 59 heavy (non-hydrogen) atoms. The molecule has 1 aliphatic carbocycles. The number of rotatable bonds is 7. The Morgan fingerprint density at radius 1 is 0.322 bits per heavy atom. The molecule has 278 valence electrons. The van der Waals surface area contributed by atoms with E-state index >= 15 is 0 Å². The number of hydrogen-bond donors (Lipinski definition) is 0. The van der Waals surface area contributed by atoms with Gasteiger partial charge in [-0.05, 0) is 126 Å². The second kappa shape index (κ2) is 14.2. The summed E-state index contributed by atoms with van der Waals surface area (Å²) in [7, 11) is 0. The van der Waals surface area contributed by atoms with E-state index in [9.17, 15) is 0 Å². The van der Waals surface area contributed by atoms with Crippen LogP contribution in [0.1, 0.15) is 23.6 Å². The van der Waals surface area contributed by atoms with Crippen molar-refractivity contribution in [1.82, 2.24) is 0 Å². The third-order valence-corrected chi connectivity index (χ3v) is 12.6. The van der Waals surface area contributed by atoms with Crippen molar-refractivity contribution in [2.24, 2.45) is 0 Å². The topological polar surface area (TPSA) is 3.24 Å². The van der Waals surface area contributed by atoms with Gasteiger partial charge in [0.05, 0.1) is 0 Å². The predicted molar refractivity (Wildman–Crippen MR) is 250 cm³/mol. The van der Waals surface area contributed by atoms with E-state index in [0.717, 1.165) is 17.1 Å². The van der Waals surface area contributed by atoms with Crippen LogP contribution in [0.5, 0.6) is 0 Å². The third kappa shape index (κ3) is 5.86. The van der Waals surface area contributed by atoms with Crippen LogP contribution in [0.3, 0.4) is 0 Å². The summed E-state index contributed by atoms with van der Waals surface area (Å²) in [6.45, 7) is 2.38. The molecule has 0 aromatic heterocycles. The average Bonchev–Trinajstić information content (AvgIpc) is 3.58. The van der Waals surface area contributed by atoms with Crippen LogP contribution >= 0.6 is 0 Å². The van der Waals surface area contributed by atoms with Gasteiger partial charge >= 0.3 is 0 Å². The molecule has 0 aliphatic heterocycles. The van der Waals surface area contributed by atoms with Crippen molar-refractivity contribution >= 4 is 38.6 Å². The molecule has 0 amide bonds. The Hall–Kier alpha value is -7.48. The molecule has 0 saturated heterocycles. The average molecular weight is 752 g/mol. The number of anilines is 3. The molecular weight excluding hydrogens is 711 g/mol. The van der Waals surface area contributed by atoms with E-state index in [1.54, 1.807) is 0 Å². The lowest BCUT2D eigenvalue weighted by Gasteiger charge is -2.28. The normalized spacial score (nSPS) is 14.3. The molecule has 0 bridgehead atoms. The molecule has 0 N–H and O–H groups in total. The fourth-order valence-electron chi connectivity index (χ4n) is 9.54. The van der Waals surface area contributed by atoms with Gasteiger partial charge in [0.25, 0.3) is 0 Å². The van der Waals surface area contributed by atoms with E-state index in [4.69, 9.17) is 0 Å². The van der Waals surface area contributed by atoms with Crippen molar-refractivity contribution in [3.8, 4) is 44.5 Å². The van der Waals surface area contributed by atoms with Crippen LogP contribution in [0.25, 0.3) is 66.1 Å². The Bertz CT molecular complexity index is 3140. The fraction of sp³-hybridized carbons (Fsp3) is 0.0345. The van der Waals surface area contributed by atoms with Crippen LogP contribution in [0.2, 0.25) is 0 Å². The third-order valence-electron chi connectivity index (χ3n) is 12.6. The maximum absolute atomic E-state index is 2.38. The second-order valence-electron chi connectivity index (χ2n) is 15.8. The monoisotopic (exact) mass is 751 g/mol. The highest BCUT2D eigenvalue weighted by molar-refractivity contribution is 5.97. The molecule has 1 heteroatoms. The smallest absolute Gasteiger partial charge is 0.0468 e. The standard InChI is InChI=1S/C58H41N/c1-58(47-17-3-2-4-18-47)55-23-10-9-20-54(55)57-53(22-12-24-56(57)58)45-32-36-49(37-33-45)59(50-38-31-40-13-5-6-15-46(40)39-50)48-34-29-42(30-35-48)41-25-27-44(28-26-41)52-21-11-16-43-14-7-8-19-51(43)52/h2-39H,1H3. The summed E-state index contributed by atoms with van der Waals surface area (Å²) in [5, 5.41) is 4.98. The van der Waals surface area contributed by atoms with Gasteiger partial charge in [-0.15, -0.1) is 0 Å². The molecule has 10 aromatic rings. The zero-order valence-electron chi connectivity index (χ0n) is 32.9. The Labute approximate surface area is 346 Å². The van der Waals surface area contributed by atoms with Gasteiger partial charge in [-0.2, -0.15) is 0 Å². The van der Waals surface area contributed by atoms with Gasteiger partial charge in [0.2, 0.25) is 0 Å². The summed E-state index contributed by atoms with van der Waals surface area (Å²) in [4.78, 5) is 2.38. The maximum Gasteiger partial charge on any atom is 0.0468 e. The van der Waals surface area contributed by atoms with Crippen molar-refractivity contribution in [2.45, 2.75) is 12.3 Å². The predicted octanol–water partition coefficient (Wildman–Crippen LogP) is 15.8. The Morgan fingerprint density at radius 2 is 0.814 bits per heavy atom. The van der Waals surface area contributed by atoms with Gasteiger partial charge in [0, 0.05) is 22.5 Å². The molecule has 0 saturated carbocycles. The highest BCUT2D eigenvalue weighted by atomic mass is 15.1. The van der Waals surface area contributed by atoms with Crippen LogP contribution in [0, 0.1) is 0 Å². The van der Waals surface area contributed by atoms with E-state index < -0.39 is 0 Å². The summed E-state index contributed by atoms with van der Waals surface area (Å²) >= 11 is 0. The largest absolute Gasteiger partial charge is 0.310 e. The number of fused-ring (bicyclic) bond motifs is 5. The highest BCUT2D eigenvalue weighted by Crippen LogP contribution is 2.55. The zero-order chi connectivity index (χ0) is 39.3. The number of benzene rings is 10. The lowest BCUT2D eigenvalue weighted by Crippen LogP contribution is -2.22. The first-order chi connectivity index (χ1) is 29.1. The molecule has 1 nitrogen and oxygen atoms in total. The molecule has 1 aliphatic rings. The number of nitrogens with zero attached hydrogens (tertiary/aromatic N) is 1. The van der Waals surface area contributed by atoms with E-state index in [-0.39, 0.29) is 5.41 Å². The Balaban J connectivity index is 0.964. The van der Waals surface area contributed by atoms with Gasteiger partial charge in [-0.1, -0.05) is 194 Å². The fourth-order valence-corrected chi connectivity index (χ4v) is 9.54. The highest BCUT2D eigenvalue weighted by Gasteiger charge is 2.41. The Kier molecular flexibility index (Phi) is 8.34. The van der Waals surface area contributed by atoms with Crippen LogP contribution in [-0.4, -0.2) is 0 Å². The van der Waals surface area contributed by atoms with Crippen LogP contribution < -0.4 is 4.90 Å². The molecule has 0 heterocycles. The van der Waals surface area contributed by atoms with Gasteiger partial charge in [-0.3, -0.25) is 0 Å². The van der Waals surface area contributed by atoms with Gasteiger partial charge in [0.1, 0.15) is 0 Å². The summed E-state index contributed by atoms with van der Waals surface area (Å²) < 4.78 is 0. The van der Waals surface area contributed by atoms with E-state index in [1.165, 1.54) is 82.7 Å². The summed E-state index contributed by atoms with van der Waals surface area (Å²) in [5.74, 6) is 0. The van der Waals surface area contributed by atoms with Gasteiger partial charge in [0.15, 0.2) is 0 Å². The zero-order valence-corrected chi connectivity index (χ0v) is 32.9. The lowest BCUT2D eigenvalue weighted by atomic mass is 9.74. The summed E-state index contributed by atoms with van der Waals surface area (Å²) in [6, 6.07) is 84.4. The van der Waals surface area contributed by atoms with Crippen molar-refractivity contribution < 1.29 is 0 Å². The minimum absolute atomic E-state index is 0.235. The number of hydrogen-bond acceptors (Lipinski definition) is 1. The van der Waals surface area contributed by atoms with Crippen molar-refractivity contribution in [3.05, 3.63) is 247 Å². The molecule has 0 radical (unpaired) electrons. The van der Waals surface area contributed by atoms with Gasteiger partial charge in [-0.25, -0.2) is 0 Å². The minimum atomic E-state index is -0.235. The molecule has 0 fully saturated rings. The van der Waals surface area contributed by atoms with E-state index in [1.807, 2.05) is 0 Å². The SMILES string of the molecule is CC1(c2ccccc2)c2ccccc2-c2c(-c3ccc(N(c4ccc(-c5ccc(-c6cccc7ccccc67)cc5)cc4)c4ccc5ccccc5c4)cc3)cccc21. The van der Waals surface area contributed by atoms with Crippen molar-refractivity contribution in [3.63, 3.8) is 0 Å². The van der Waals surface area contributed by atoms with Crippen LogP contribution in [-0.2, 0) is 5.41 Å². The first-order valence-electron chi connectivity index (χ1n) is 20.5. The van der Waals surface area contributed by atoms with E-state index in [0.29, 0.717) is 0 Å². The molecule has 11 rings (SSSR count).